The molecule has 0 amide bonds. The Kier molecular flexibility index (Phi) is 2.41. The molecule has 0 atom stereocenters. The second-order valence-corrected chi connectivity index (χ2v) is 4.62. The third-order valence-corrected chi connectivity index (χ3v) is 3.30. The monoisotopic (exact) mass is 255 g/mol. The minimum atomic E-state index is -0.118. The molecule has 3 aromatic heterocycles. The molecule has 0 aliphatic carbocycles. The number of aromatic amines is 2. The van der Waals surface area contributed by atoms with Crippen LogP contribution in [0.5, 0.6) is 0 Å². The quantitative estimate of drug-likeness (QED) is 0.692. The summed E-state index contributed by atoms with van der Waals surface area (Å²) in [7, 11) is 1.83. The van der Waals surface area contributed by atoms with Gasteiger partial charge in [0.25, 0.3) is 11.1 Å². The molecule has 5 heteroatoms. The van der Waals surface area contributed by atoms with Crippen LogP contribution in [0.4, 0.5) is 0 Å². The molecule has 0 spiro atoms. The summed E-state index contributed by atoms with van der Waals surface area (Å²) < 4.78 is 1.80. The number of rotatable bonds is 1. The number of nitrogens with one attached hydrogen (secondary N) is 2. The standard InChI is InChI=1S/C14H13N3O2/c1-8-5-9(6-16-13(8)18)11-7-17(2)12-10(11)3-4-15-14(12)19/h3-7H,1-2H3,(H,15,19)(H,16,18). The number of nitrogens with zero attached hydrogens (tertiary/aromatic N) is 1. The van der Waals surface area contributed by atoms with E-state index >= 15 is 0 Å². The highest BCUT2D eigenvalue weighted by Crippen LogP contribution is 2.27. The number of pyridine rings is 2. The van der Waals surface area contributed by atoms with Crippen LogP contribution >= 0.6 is 0 Å². The average Bonchev–Trinajstić information content (AvgIpc) is 2.72. The number of H-pyrrole nitrogens is 2. The zero-order valence-electron chi connectivity index (χ0n) is 10.7. The highest BCUT2D eigenvalue weighted by Gasteiger charge is 2.11. The molecule has 5 nitrogen and oxygen atoms in total. The Morgan fingerprint density at radius 1 is 1.16 bits per heavy atom. The minimum absolute atomic E-state index is 0.0955. The largest absolute Gasteiger partial charge is 0.345 e. The first-order valence-electron chi connectivity index (χ1n) is 5.94. The van der Waals surface area contributed by atoms with Crippen molar-refractivity contribution in [3.63, 3.8) is 0 Å². The molecule has 2 N–H and O–H groups in total. The van der Waals surface area contributed by atoms with Gasteiger partial charge in [-0.1, -0.05) is 0 Å². The van der Waals surface area contributed by atoms with E-state index < -0.39 is 0 Å². The second-order valence-electron chi connectivity index (χ2n) is 4.62. The van der Waals surface area contributed by atoms with Crippen molar-refractivity contribution in [2.75, 3.05) is 0 Å². The Hall–Kier alpha value is -2.56. The summed E-state index contributed by atoms with van der Waals surface area (Å²) in [5, 5.41) is 0.873. The lowest BCUT2D eigenvalue weighted by Gasteiger charge is -2.00. The van der Waals surface area contributed by atoms with E-state index in [4.69, 9.17) is 0 Å². The summed E-state index contributed by atoms with van der Waals surface area (Å²) in [5.41, 5.74) is 2.89. The maximum Gasteiger partial charge on any atom is 0.272 e. The van der Waals surface area contributed by atoms with Crippen LogP contribution in [0.1, 0.15) is 5.56 Å². The average molecular weight is 255 g/mol. The van der Waals surface area contributed by atoms with Gasteiger partial charge in [-0.3, -0.25) is 9.59 Å². The highest BCUT2D eigenvalue weighted by atomic mass is 16.1. The Labute approximate surface area is 108 Å². The predicted molar refractivity (Wildman–Crippen MR) is 74.3 cm³/mol. The van der Waals surface area contributed by atoms with Gasteiger partial charge >= 0.3 is 0 Å². The lowest BCUT2D eigenvalue weighted by atomic mass is 10.1. The van der Waals surface area contributed by atoms with Crippen molar-refractivity contribution in [3.05, 3.63) is 57.0 Å². The van der Waals surface area contributed by atoms with Gasteiger partial charge in [-0.25, -0.2) is 0 Å². The molecule has 3 aromatic rings. The SMILES string of the molecule is Cc1cc(-c2cn(C)c3c(=O)[nH]ccc23)c[nH]c1=O. The van der Waals surface area contributed by atoms with Crippen LogP contribution in [0.2, 0.25) is 0 Å². The molecule has 0 bridgehead atoms. The molecule has 0 saturated heterocycles. The summed E-state index contributed by atoms with van der Waals surface area (Å²) in [5.74, 6) is 0. The minimum Gasteiger partial charge on any atom is -0.345 e. The maximum absolute atomic E-state index is 11.8. The lowest BCUT2D eigenvalue weighted by Crippen LogP contribution is -2.08. The molecule has 0 aliphatic rings. The van der Waals surface area contributed by atoms with Crippen LogP contribution < -0.4 is 11.1 Å². The zero-order valence-corrected chi connectivity index (χ0v) is 10.7. The van der Waals surface area contributed by atoms with Crippen molar-refractivity contribution >= 4 is 10.9 Å². The van der Waals surface area contributed by atoms with Crippen LogP contribution in [0, 0.1) is 6.92 Å². The molecular formula is C14H13N3O2. The van der Waals surface area contributed by atoms with Crippen molar-refractivity contribution in [1.29, 1.82) is 0 Å². The Balaban J connectivity index is 2.37. The fourth-order valence-corrected chi connectivity index (χ4v) is 2.35. The van der Waals surface area contributed by atoms with Gasteiger partial charge in [0.15, 0.2) is 0 Å². The summed E-state index contributed by atoms with van der Waals surface area (Å²) in [6, 6.07) is 3.70. The van der Waals surface area contributed by atoms with E-state index in [1.54, 1.807) is 23.9 Å². The van der Waals surface area contributed by atoms with E-state index in [0.717, 1.165) is 16.5 Å². The third-order valence-electron chi connectivity index (χ3n) is 3.30. The van der Waals surface area contributed by atoms with Crippen LogP contribution in [0.3, 0.4) is 0 Å². The van der Waals surface area contributed by atoms with Crippen LogP contribution in [-0.2, 0) is 7.05 Å². The van der Waals surface area contributed by atoms with Gasteiger partial charge in [0.05, 0.1) is 0 Å². The molecule has 19 heavy (non-hydrogen) atoms. The van der Waals surface area contributed by atoms with Crippen molar-refractivity contribution < 1.29 is 0 Å². The molecular weight excluding hydrogens is 242 g/mol. The molecule has 3 rings (SSSR count). The molecule has 0 unspecified atom stereocenters. The molecule has 0 aromatic carbocycles. The van der Waals surface area contributed by atoms with Crippen molar-refractivity contribution in [1.82, 2.24) is 14.5 Å². The molecule has 3 heterocycles. The number of hydrogen-bond donors (Lipinski definition) is 2. The number of aromatic nitrogens is 3. The van der Waals surface area contributed by atoms with Crippen molar-refractivity contribution in [2.45, 2.75) is 6.92 Å². The first kappa shape index (κ1) is 11.5. The fraction of sp³-hybridized carbons (Fsp3) is 0.143. The predicted octanol–water partition coefficient (Wildman–Crippen LogP) is 1.53. The first-order valence-corrected chi connectivity index (χ1v) is 5.94. The summed E-state index contributed by atoms with van der Waals surface area (Å²) in [6.07, 6.45) is 5.20. The molecule has 0 saturated carbocycles. The van der Waals surface area contributed by atoms with Crippen molar-refractivity contribution in [2.24, 2.45) is 7.05 Å². The molecule has 0 aliphatic heterocycles. The summed E-state index contributed by atoms with van der Waals surface area (Å²) in [6.45, 7) is 1.76. The molecule has 0 fully saturated rings. The van der Waals surface area contributed by atoms with Gasteiger partial charge in [0, 0.05) is 47.7 Å². The Bertz CT molecular complexity index is 884. The fourth-order valence-electron chi connectivity index (χ4n) is 2.35. The molecule has 0 radical (unpaired) electrons. The smallest absolute Gasteiger partial charge is 0.272 e. The van der Waals surface area contributed by atoms with E-state index in [9.17, 15) is 9.59 Å². The number of hydrogen-bond acceptors (Lipinski definition) is 2. The Morgan fingerprint density at radius 2 is 1.95 bits per heavy atom. The van der Waals surface area contributed by atoms with Gasteiger partial charge in [-0.05, 0) is 19.1 Å². The third kappa shape index (κ3) is 1.71. The van der Waals surface area contributed by atoms with E-state index in [1.165, 1.54) is 0 Å². The van der Waals surface area contributed by atoms with Crippen LogP contribution in [0.25, 0.3) is 22.0 Å². The van der Waals surface area contributed by atoms with Crippen LogP contribution in [-0.4, -0.2) is 14.5 Å². The van der Waals surface area contributed by atoms with Gasteiger partial charge in [0.1, 0.15) is 5.52 Å². The van der Waals surface area contributed by atoms with E-state index in [0.29, 0.717) is 11.1 Å². The van der Waals surface area contributed by atoms with Gasteiger partial charge in [0.2, 0.25) is 0 Å². The normalized spacial score (nSPS) is 11.1. The summed E-state index contributed by atoms with van der Waals surface area (Å²) >= 11 is 0. The van der Waals surface area contributed by atoms with Crippen LogP contribution in [0.15, 0.2) is 40.3 Å². The van der Waals surface area contributed by atoms with Gasteiger partial charge < -0.3 is 14.5 Å². The van der Waals surface area contributed by atoms with E-state index in [1.807, 2.05) is 25.4 Å². The van der Waals surface area contributed by atoms with E-state index in [2.05, 4.69) is 9.97 Å². The topological polar surface area (TPSA) is 70.7 Å². The van der Waals surface area contributed by atoms with Gasteiger partial charge in [-0.15, -0.1) is 0 Å². The summed E-state index contributed by atoms with van der Waals surface area (Å²) in [4.78, 5) is 28.6. The number of fused-ring (bicyclic) bond motifs is 1. The first-order chi connectivity index (χ1) is 9.08. The molecule has 96 valence electrons. The zero-order chi connectivity index (χ0) is 13.6. The maximum atomic E-state index is 11.8. The van der Waals surface area contributed by atoms with Gasteiger partial charge in [-0.2, -0.15) is 0 Å². The highest BCUT2D eigenvalue weighted by molar-refractivity contribution is 5.95. The lowest BCUT2D eigenvalue weighted by molar-refractivity contribution is 0.958. The van der Waals surface area contributed by atoms with E-state index in [-0.39, 0.29) is 11.1 Å². The Morgan fingerprint density at radius 3 is 2.68 bits per heavy atom. The van der Waals surface area contributed by atoms with Crippen molar-refractivity contribution in [3.8, 4) is 11.1 Å². The second kappa shape index (κ2) is 3.98. The number of aryl methyl sites for hydroxylation is 2.